The predicted molar refractivity (Wildman–Crippen MR) is 141 cm³/mol. The summed E-state index contributed by atoms with van der Waals surface area (Å²) in [6, 6.07) is 20.9. The quantitative estimate of drug-likeness (QED) is 0.384. The second-order valence-electron chi connectivity index (χ2n) is 9.48. The SMILES string of the molecule is CC(=O)Nc1cccc(C2CCN(CCCn3c(Cc4cccnc4)nc4ccccc43)CC2)c1. The second-order valence-corrected chi connectivity index (χ2v) is 9.48. The van der Waals surface area contributed by atoms with Crippen LogP contribution in [0.1, 0.15) is 49.1 Å². The van der Waals surface area contributed by atoms with E-state index in [1.807, 2.05) is 30.6 Å². The fourth-order valence-electron chi connectivity index (χ4n) is 5.21. The molecule has 0 unspecified atom stereocenters. The molecule has 0 atom stereocenters. The van der Waals surface area contributed by atoms with Gasteiger partial charge in [0.15, 0.2) is 0 Å². The van der Waals surface area contributed by atoms with E-state index >= 15 is 0 Å². The number of likely N-dealkylation sites (tertiary alicyclic amines) is 1. The smallest absolute Gasteiger partial charge is 0.221 e. The van der Waals surface area contributed by atoms with Gasteiger partial charge in [-0.2, -0.15) is 0 Å². The number of hydrogen-bond donors (Lipinski definition) is 1. The van der Waals surface area contributed by atoms with E-state index in [1.165, 1.54) is 16.6 Å². The molecule has 1 N–H and O–H groups in total. The van der Waals surface area contributed by atoms with Crippen molar-refractivity contribution < 1.29 is 4.79 Å². The van der Waals surface area contributed by atoms with Crippen LogP contribution in [0.15, 0.2) is 73.1 Å². The molecule has 2 aromatic carbocycles. The number of anilines is 1. The summed E-state index contributed by atoms with van der Waals surface area (Å²) in [5.74, 6) is 1.65. The molecule has 4 aromatic rings. The molecule has 180 valence electrons. The standard InChI is InChI=1S/C29H33N5O/c1-22(35)31-26-9-4-8-25(20-26)24-12-17-33(18-13-24)15-6-16-34-28-11-3-2-10-27(28)32-29(34)19-23-7-5-14-30-21-23/h2-5,7-11,14,20-21,24H,6,12-13,15-19H2,1H3,(H,31,35). The number of rotatable bonds is 8. The fourth-order valence-corrected chi connectivity index (χ4v) is 5.21. The highest BCUT2D eigenvalue weighted by Gasteiger charge is 2.21. The normalized spacial score (nSPS) is 14.9. The maximum absolute atomic E-state index is 11.4. The molecule has 5 rings (SSSR count). The van der Waals surface area contributed by atoms with Crippen LogP contribution in [-0.4, -0.2) is 45.0 Å². The van der Waals surface area contributed by atoms with Gasteiger partial charge in [-0.3, -0.25) is 9.78 Å². The van der Waals surface area contributed by atoms with E-state index in [-0.39, 0.29) is 5.91 Å². The molecule has 0 saturated carbocycles. The number of hydrogen-bond acceptors (Lipinski definition) is 4. The number of piperidine rings is 1. The number of pyridine rings is 1. The molecule has 6 heteroatoms. The maximum Gasteiger partial charge on any atom is 0.221 e. The van der Waals surface area contributed by atoms with E-state index in [9.17, 15) is 4.79 Å². The van der Waals surface area contributed by atoms with Crippen molar-refractivity contribution in [2.45, 2.75) is 45.1 Å². The summed E-state index contributed by atoms with van der Waals surface area (Å²) >= 11 is 0. The van der Waals surface area contributed by atoms with Crippen molar-refractivity contribution in [3.05, 3.63) is 90.0 Å². The Morgan fingerprint density at radius 2 is 1.89 bits per heavy atom. The maximum atomic E-state index is 11.4. The van der Waals surface area contributed by atoms with Crippen LogP contribution in [0, 0.1) is 0 Å². The molecule has 0 bridgehead atoms. The fraction of sp³-hybridized carbons (Fsp3) is 0.345. The topological polar surface area (TPSA) is 63.1 Å². The van der Waals surface area contributed by atoms with Gasteiger partial charge in [0.05, 0.1) is 11.0 Å². The molecule has 6 nitrogen and oxygen atoms in total. The predicted octanol–water partition coefficient (Wildman–Crippen LogP) is 5.25. The molecule has 2 aromatic heterocycles. The minimum Gasteiger partial charge on any atom is -0.328 e. The summed E-state index contributed by atoms with van der Waals surface area (Å²) in [7, 11) is 0. The zero-order valence-electron chi connectivity index (χ0n) is 20.4. The van der Waals surface area contributed by atoms with Crippen molar-refractivity contribution in [1.82, 2.24) is 19.4 Å². The first-order chi connectivity index (χ1) is 17.2. The minimum absolute atomic E-state index is 0.0220. The molecular weight excluding hydrogens is 434 g/mol. The van der Waals surface area contributed by atoms with Gasteiger partial charge in [-0.15, -0.1) is 0 Å². The van der Waals surface area contributed by atoms with E-state index < -0.39 is 0 Å². The Labute approximate surface area is 207 Å². The second kappa shape index (κ2) is 10.8. The summed E-state index contributed by atoms with van der Waals surface area (Å²) in [5, 5.41) is 2.91. The van der Waals surface area contributed by atoms with E-state index in [4.69, 9.17) is 4.98 Å². The number of amides is 1. The molecule has 3 heterocycles. The number of carbonyl (C=O) groups is 1. The van der Waals surface area contributed by atoms with Gasteiger partial charge in [0.1, 0.15) is 5.82 Å². The van der Waals surface area contributed by atoms with Crippen molar-refractivity contribution in [3.63, 3.8) is 0 Å². The number of nitrogens with zero attached hydrogens (tertiary/aromatic N) is 4. The highest BCUT2D eigenvalue weighted by atomic mass is 16.1. The van der Waals surface area contributed by atoms with Crippen LogP contribution in [0.25, 0.3) is 11.0 Å². The van der Waals surface area contributed by atoms with Gasteiger partial charge in [-0.05, 0) is 86.3 Å². The first-order valence-corrected chi connectivity index (χ1v) is 12.6. The molecule has 1 fully saturated rings. The van der Waals surface area contributed by atoms with Crippen LogP contribution in [0.5, 0.6) is 0 Å². The minimum atomic E-state index is -0.0220. The molecule has 35 heavy (non-hydrogen) atoms. The van der Waals surface area contributed by atoms with Crippen molar-refractivity contribution in [2.75, 3.05) is 25.0 Å². The lowest BCUT2D eigenvalue weighted by molar-refractivity contribution is -0.114. The van der Waals surface area contributed by atoms with Crippen molar-refractivity contribution in [2.24, 2.45) is 0 Å². The first kappa shape index (κ1) is 23.2. The highest BCUT2D eigenvalue weighted by molar-refractivity contribution is 5.88. The van der Waals surface area contributed by atoms with Crippen LogP contribution in [-0.2, 0) is 17.8 Å². The Hall–Kier alpha value is -3.51. The number of para-hydroxylation sites is 2. The molecule has 0 radical (unpaired) electrons. The summed E-state index contributed by atoms with van der Waals surface area (Å²) in [5.41, 5.74) is 5.69. The average molecular weight is 468 g/mol. The number of carbonyl (C=O) groups excluding carboxylic acids is 1. The Kier molecular flexibility index (Phi) is 7.19. The number of aryl methyl sites for hydroxylation is 1. The number of fused-ring (bicyclic) bond motifs is 1. The van der Waals surface area contributed by atoms with Crippen LogP contribution < -0.4 is 5.32 Å². The lowest BCUT2D eigenvalue weighted by Gasteiger charge is -2.32. The highest BCUT2D eigenvalue weighted by Crippen LogP contribution is 2.29. The van der Waals surface area contributed by atoms with Crippen LogP contribution in [0.4, 0.5) is 5.69 Å². The lowest BCUT2D eigenvalue weighted by Crippen LogP contribution is -2.34. The molecular formula is C29H33N5O. The molecule has 1 aliphatic heterocycles. The van der Waals surface area contributed by atoms with Crippen LogP contribution in [0.3, 0.4) is 0 Å². The monoisotopic (exact) mass is 467 g/mol. The summed E-state index contributed by atoms with van der Waals surface area (Å²) < 4.78 is 2.39. The number of imidazole rings is 1. The third kappa shape index (κ3) is 5.77. The summed E-state index contributed by atoms with van der Waals surface area (Å²) in [6.45, 7) is 5.84. The van der Waals surface area contributed by atoms with Crippen LogP contribution >= 0.6 is 0 Å². The number of aromatic nitrogens is 3. The van der Waals surface area contributed by atoms with E-state index in [0.29, 0.717) is 5.92 Å². The van der Waals surface area contributed by atoms with Gasteiger partial charge in [0.2, 0.25) is 5.91 Å². The summed E-state index contributed by atoms with van der Waals surface area (Å²) in [4.78, 5) is 23.2. The first-order valence-electron chi connectivity index (χ1n) is 12.6. The van der Waals surface area contributed by atoms with Gasteiger partial charge in [-0.1, -0.05) is 30.3 Å². The number of nitrogens with one attached hydrogen (secondary N) is 1. The zero-order chi connectivity index (χ0) is 24.0. The van der Waals surface area contributed by atoms with E-state index in [1.54, 1.807) is 6.92 Å². The largest absolute Gasteiger partial charge is 0.328 e. The van der Waals surface area contributed by atoms with Crippen LogP contribution in [0.2, 0.25) is 0 Å². The van der Waals surface area contributed by atoms with E-state index in [2.05, 4.69) is 62.2 Å². The van der Waals surface area contributed by atoms with Gasteiger partial charge in [0, 0.05) is 38.0 Å². The van der Waals surface area contributed by atoms with Gasteiger partial charge < -0.3 is 14.8 Å². The van der Waals surface area contributed by atoms with Gasteiger partial charge in [-0.25, -0.2) is 4.98 Å². The molecule has 0 spiro atoms. The molecule has 0 aliphatic carbocycles. The number of benzene rings is 2. The Morgan fingerprint density at radius 3 is 2.69 bits per heavy atom. The Balaban J connectivity index is 1.18. The van der Waals surface area contributed by atoms with Gasteiger partial charge in [0.25, 0.3) is 0 Å². The summed E-state index contributed by atoms with van der Waals surface area (Å²) in [6.07, 6.45) is 7.96. The van der Waals surface area contributed by atoms with E-state index in [0.717, 1.165) is 68.9 Å². The molecule has 1 aliphatic rings. The Morgan fingerprint density at radius 1 is 1.03 bits per heavy atom. The molecule has 1 saturated heterocycles. The molecule has 1 amide bonds. The van der Waals surface area contributed by atoms with Crippen molar-refractivity contribution >= 4 is 22.6 Å². The third-order valence-electron chi connectivity index (χ3n) is 6.94. The third-order valence-corrected chi connectivity index (χ3v) is 6.94. The van der Waals surface area contributed by atoms with Crippen molar-refractivity contribution in [1.29, 1.82) is 0 Å². The Bertz CT molecular complexity index is 1270. The lowest BCUT2D eigenvalue weighted by atomic mass is 9.89. The zero-order valence-corrected chi connectivity index (χ0v) is 20.4. The van der Waals surface area contributed by atoms with Gasteiger partial charge >= 0.3 is 0 Å². The van der Waals surface area contributed by atoms with Crippen molar-refractivity contribution in [3.8, 4) is 0 Å². The average Bonchev–Trinajstić information content (AvgIpc) is 3.22.